The van der Waals surface area contributed by atoms with E-state index in [0.29, 0.717) is 6.61 Å². The van der Waals surface area contributed by atoms with E-state index in [2.05, 4.69) is 11.4 Å². The zero-order chi connectivity index (χ0) is 13.0. The summed E-state index contributed by atoms with van der Waals surface area (Å²) in [4.78, 5) is 1.32. The second kappa shape index (κ2) is 6.03. The Hall–Kier alpha value is -1.32. The fraction of sp³-hybridized carbons (Fsp3) is 0.333. The van der Waals surface area contributed by atoms with Crippen LogP contribution in [0, 0.1) is 6.92 Å². The largest absolute Gasteiger partial charge is 0.493 e. The zero-order valence-electron chi connectivity index (χ0n) is 10.7. The lowest BCUT2D eigenvalue weighted by atomic mass is 10.1. The van der Waals surface area contributed by atoms with Crippen molar-refractivity contribution in [2.75, 3.05) is 6.61 Å². The number of aryl methyl sites for hydroxylation is 1. The molecule has 0 saturated carbocycles. The van der Waals surface area contributed by atoms with Crippen molar-refractivity contribution in [2.45, 2.75) is 26.4 Å². The lowest BCUT2D eigenvalue weighted by Gasteiger charge is -2.14. The van der Waals surface area contributed by atoms with Crippen molar-refractivity contribution in [3.63, 3.8) is 0 Å². The van der Waals surface area contributed by atoms with Crippen LogP contribution in [0.1, 0.15) is 29.0 Å². The van der Waals surface area contributed by atoms with Crippen LogP contribution in [-0.4, -0.2) is 11.7 Å². The third-order valence-corrected chi connectivity index (χ3v) is 3.74. The highest BCUT2D eigenvalue weighted by Crippen LogP contribution is 2.26. The van der Waals surface area contributed by atoms with Gasteiger partial charge in [-0.2, -0.15) is 0 Å². The van der Waals surface area contributed by atoms with Crippen molar-refractivity contribution in [3.8, 4) is 5.75 Å². The maximum absolute atomic E-state index is 9.70. The van der Waals surface area contributed by atoms with Crippen molar-refractivity contribution in [1.29, 1.82) is 0 Å². The predicted molar refractivity (Wildman–Crippen MR) is 75.3 cm³/mol. The maximum Gasteiger partial charge on any atom is 0.125 e. The first-order valence-corrected chi connectivity index (χ1v) is 6.98. The normalized spacial score (nSPS) is 12.4. The molecule has 0 amide bonds. The molecule has 3 heteroatoms. The molecule has 0 fully saturated rings. The second-order valence-electron chi connectivity index (χ2n) is 4.40. The van der Waals surface area contributed by atoms with Crippen LogP contribution in [-0.2, 0) is 6.42 Å². The lowest BCUT2D eigenvalue weighted by molar-refractivity contribution is 0.191. The van der Waals surface area contributed by atoms with Crippen LogP contribution in [0.15, 0.2) is 35.7 Å². The van der Waals surface area contributed by atoms with Gasteiger partial charge in [0.2, 0.25) is 0 Å². The van der Waals surface area contributed by atoms with Gasteiger partial charge in [-0.15, -0.1) is 11.3 Å². The molecule has 1 aromatic carbocycles. The van der Waals surface area contributed by atoms with Gasteiger partial charge in [0.05, 0.1) is 12.7 Å². The summed E-state index contributed by atoms with van der Waals surface area (Å²) in [7, 11) is 0. The fourth-order valence-corrected chi connectivity index (χ4v) is 2.52. The topological polar surface area (TPSA) is 29.5 Å². The van der Waals surface area contributed by atoms with E-state index in [0.717, 1.165) is 23.3 Å². The van der Waals surface area contributed by atoms with Gasteiger partial charge in [-0.3, -0.25) is 0 Å². The Labute approximate surface area is 112 Å². The molecular formula is C15H18O2S. The molecule has 2 aromatic rings. The van der Waals surface area contributed by atoms with Crippen molar-refractivity contribution in [3.05, 3.63) is 51.7 Å². The highest BCUT2D eigenvalue weighted by Gasteiger charge is 2.09. The van der Waals surface area contributed by atoms with Gasteiger partial charge in [0.25, 0.3) is 0 Å². The van der Waals surface area contributed by atoms with Crippen LogP contribution < -0.4 is 4.74 Å². The molecule has 1 heterocycles. The average Bonchev–Trinajstić information content (AvgIpc) is 2.82. The summed E-state index contributed by atoms with van der Waals surface area (Å²) in [5.41, 5.74) is 2.00. The Morgan fingerprint density at radius 2 is 2.17 bits per heavy atom. The Balaban J connectivity index is 2.01. The van der Waals surface area contributed by atoms with Gasteiger partial charge in [-0.1, -0.05) is 18.2 Å². The van der Waals surface area contributed by atoms with Crippen LogP contribution in [0.3, 0.4) is 0 Å². The Morgan fingerprint density at radius 3 is 2.83 bits per heavy atom. The first-order valence-electron chi connectivity index (χ1n) is 6.10. The summed E-state index contributed by atoms with van der Waals surface area (Å²) in [6, 6.07) is 10.1. The SMILES string of the molecule is Cc1ccc([C@@H](C)O)c(OCCc2cccs2)c1. The quantitative estimate of drug-likeness (QED) is 0.889. The van der Waals surface area contributed by atoms with Gasteiger partial charge in [-0.05, 0) is 36.9 Å². The van der Waals surface area contributed by atoms with E-state index in [1.54, 1.807) is 18.3 Å². The van der Waals surface area contributed by atoms with Crippen LogP contribution >= 0.6 is 11.3 Å². The summed E-state index contributed by atoms with van der Waals surface area (Å²) in [6.45, 7) is 4.43. The number of rotatable bonds is 5. The summed E-state index contributed by atoms with van der Waals surface area (Å²) in [5.74, 6) is 0.793. The minimum Gasteiger partial charge on any atom is -0.493 e. The summed E-state index contributed by atoms with van der Waals surface area (Å²) >= 11 is 1.74. The molecule has 1 N–H and O–H groups in total. The molecular weight excluding hydrogens is 244 g/mol. The molecule has 0 unspecified atom stereocenters. The Kier molecular flexibility index (Phi) is 4.39. The third-order valence-electron chi connectivity index (χ3n) is 2.81. The Morgan fingerprint density at radius 1 is 1.33 bits per heavy atom. The number of aliphatic hydroxyl groups excluding tert-OH is 1. The predicted octanol–water partition coefficient (Wildman–Crippen LogP) is 3.73. The zero-order valence-corrected chi connectivity index (χ0v) is 11.5. The van der Waals surface area contributed by atoms with Crippen LogP contribution in [0.5, 0.6) is 5.75 Å². The molecule has 0 spiro atoms. The lowest BCUT2D eigenvalue weighted by Crippen LogP contribution is -2.04. The van der Waals surface area contributed by atoms with Crippen LogP contribution in [0.25, 0.3) is 0 Å². The van der Waals surface area contributed by atoms with Gasteiger partial charge in [0.15, 0.2) is 0 Å². The number of ether oxygens (including phenoxy) is 1. The van der Waals surface area contributed by atoms with Gasteiger partial charge >= 0.3 is 0 Å². The summed E-state index contributed by atoms with van der Waals surface area (Å²) < 4.78 is 5.80. The van der Waals surface area contributed by atoms with Crippen molar-refractivity contribution in [1.82, 2.24) is 0 Å². The van der Waals surface area contributed by atoms with Crippen molar-refractivity contribution >= 4 is 11.3 Å². The molecule has 2 nitrogen and oxygen atoms in total. The third kappa shape index (κ3) is 3.34. The van der Waals surface area contributed by atoms with Crippen molar-refractivity contribution in [2.24, 2.45) is 0 Å². The molecule has 1 aromatic heterocycles. The highest BCUT2D eigenvalue weighted by atomic mass is 32.1. The van der Waals surface area contributed by atoms with Crippen molar-refractivity contribution < 1.29 is 9.84 Å². The first kappa shape index (κ1) is 13.1. The number of aliphatic hydroxyl groups is 1. The van der Waals surface area contributed by atoms with Gasteiger partial charge in [0, 0.05) is 16.9 Å². The number of hydrogen-bond acceptors (Lipinski definition) is 3. The van der Waals surface area contributed by atoms with E-state index in [1.807, 2.05) is 31.2 Å². The van der Waals surface area contributed by atoms with Gasteiger partial charge in [-0.25, -0.2) is 0 Å². The number of benzene rings is 1. The smallest absolute Gasteiger partial charge is 0.125 e. The van der Waals surface area contributed by atoms with E-state index in [1.165, 1.54) is 4.88 Å². The molecule has 0 aliphatic heterocycles. The second-order valence-corrected chi connectivity index (χ2v) is 5.43. The van der Waals surface area contributed by atoms with Crippen LogP contribution in [0.4, 0.5) is 0 Å². The Bertz CT molecular complexity index is 489. The van der Waals surface area contributed by atoms with E-state index < -0.39 is 6.10 Å². The molecule has 0 aliphatic carbocycles. The van der Waals surface area contributed by atoms with E-state index in [9.17, 15) is 5.11 Å². The van der Waals surface area contributed by atoms with E-state index in [-0.39, 0.29) is 0 Å². The monoisotopic (exact) mass is 262 g/mol. The summed E-state index contributed by atoms with van der Waals surface area (Å²) in [6.07, 6.45) is 0.410. The minimum atomic E-state index is -0.498. The van der Waals surface area contributed by atoms with Gasteiger partial charge < -0.3 is 9.84 Å². The number of thiophene rings is 1. The molecule has 18 heavy (non-hydrogen) atoms. The molecule has 0 bridgehead atoms. The maximum atomic E-state index is 9.70. The minimum absolute atomic E-state index is 0.498. The van der Waals surface area contributed by atoms with E-state index >= 15 is 0 Å². The van der Waals surface area contributed by atoms with Gasteiger partial charge in [0.1, 0.15) is 5.75 Å². The highest BCUT2D eigenvalue weighted by molar-refractivity contribution is 7.09. The molecule has 0 aliphatic rings. The fourth-order valence-electron chi connectivity index (χ4n) is 1.83. The standard InChI is InChI=1S/C15H18O2S/c1-11-5-6-14(12(2)16)15(10-11)17-8-7-13-4-3-9-18-13/h3-6,9-10,12,16H,7-8H2,1-2H3/t12-/m1/s1. The molecule has 0 saturated heterocycles. The average molecular weight is 262 g/mol. The van der Waals surface area contributed by atoms with Crippen LogP contribution in [0.2, 0.25) is 0 Å². The first-order chi connectivity index (χ1) is 8.66. The molecule has 1 atom stereocenters. The molecule has 96 valence electrons. The summed E-state index contributed by atoms with van der Waals surface area (Å²) in [5, 5.41) is 11.8. The molecule has 2 rings (SSSR count). The molecule has 0 radical (unpaired) electrons. The van der Waals surface area contributed by atoms with E-state index in [4.69, 9.17) is 4.74 Å². The number of hydrogen-bond donors (Lipinski definition) is 1.